The van der Waals surface area contributed by atoms with Crippen LogP contribution in [0.2, 0.25) is 0 Å². The van der Waals surface area contributed by atoms with Gasteiger partial charge in [-0.3, -0.25) is 14.4 Å². The second kappa shape index (κ2) is 9.47. The summed E-state index contributed by atoms with van der Waals surface area (Å²) in [5.41, 5.74) is 0.888. The third-order valence-corrected chi connectivity index (χ3v) is 5.05. The molecule has 0 saturated carbocycles. The van der Waals surface area contributed by atoms with E-state index in [-0.39, 0.29) is 55.3 Å². The zero-order chi connectivity index (χ0) is 21.7. The number of nitrogens with zero attached hydrogens (tertiary/aromatic N) is 2. The summed E-state index contributed by atoms with van der Waals surface area (Å²) in [7, 11) is 0. The van der Waals surface area contributed by atoms with Crippen molar-refractivity contribution in [2.24, 2.45) is 5.92 Å². The van der Waals surface area contributed by atoms with Crippen LogP contribution >= 0.6 is 0 Å². The summed E-state index contributed by atoms with van der Waals surface area (Å²) in [6, 6.07) is 11.7. The van der Waals surface area contributed by atoms with E-state index in [1.54, 1.807) is 25.1 Å². The highest BCUT2D eigenvalue weighted by atomic mass is 19.1. The SMILES string of the molecule is CCN(CC(=O)NCc1ccc(F)cc1)C(=O)[C@H]1CC(=O)N(c2ccccc2F)C1. The van der Waals surface area contributed by atoms with Crippen molar-refractivity contribution in [1.82, 2.24) is 10.2 Å². The molecule has 2 aromatic carbocycles. The topological polar surface area (TPSA) is 69.7 Å². The number of halogens is 2. The first-order chi connectivity index (χ1) is 14.4. The minimum Gasteiger partial charge on any atom is -0.350 e. The van der Waals surface area contributed by atoms with Crippen molar-refractivity contribution < 1.29 is 23.2 Å². The van der Waals surface area contributed by atoms with Gasteiger partial charge >= 0.3 is 0 Å². The third-order valence-electron chi connectivity index (χ3n) is 5.05. The van der Waals surface area contributed by atoms with Crippen LogP contribution in [0.3, 0.4) is 0 Å². The van der Waals surface area contributed by atoms with E-state index in [0.29, 0.717) is 6.54 Å². The Kier molecular flexibility index (Phi) is 6.76. The highest BCUT2D eigenvalue weighted by Crippen LogP contribution is 2.28. The molecule has 1 N–H and O–H groups in total. The van der Waals surface area contributed by atoms with Gasteiger partial charge in [0.2, 0.25) is 17.7 Å². The monoisotopic (exact) mass is 415 g/mol. The van der Waals surface area contributed by atoms with E-state index < -0.39 is 11.7 Å². The van der Waals surface area contributed by atoms with Crippen LogP contribution in [0, 0.1) is 17.6 Å². The Hall–Kier alpha value is -3.29. The van der Waals surface area contributed by atoms with E-state index in [9.17, 15) is 23.2 Å². The van der Waals surface area contributed by atoms with E-state index in [1.807, 2.05) is 0 Å². The first-order valence-electron chi connectivity index (χ1n) is 9.74. The van der Waals surface area contributed by atoms with Crippen molar-refractivity contribution >= 4 is 23.4 Å². The lowest BCUT2D eigenvalue weighted by atomic mass is 10.1. The molecule has 158 valence electrons. The van der Waals surface area contributed by atoms with Gasteiger partial charge in [0.15, 0.2) is 0 Å². The Bertz CT molecular complexity index is 933. The molecule has 2 aromatic rings. The molecule has 1 atom stereocenters. The molecule has 1 aliphatic heterocycles. The predicted molar refractivity (Wildman–Crippen MR) is 107 cm³/mol. The maximum Gasteiger partial charge on any atom is 0.239 e. The van der Waals surface area contributed by atoms with Gasteiger partial charge in [0.05, 0.1) is 18.2 Å². The highest BCUT2D eigenvalue weighted by Gasteiger charge is 2.38. The molecule has 1 fully saturated rings. The van der Waals surface area contributed by atoms with Crippen molar-refractivity contribution in [2.75, 3.05) is 24.5 Å². The average Bonchev–Trinajstić information content (AvgIpc) is 3.13. The van der Waals surface area contributed by atoms with E-state index in [1.165, 1.54) is 40.1 Å². The zero-order valence-electron chi connectivity index (χ0n) is 16.6. The first kappa shape index (κ1) is 21.4. The summed E-state index contributed by atoms with van der Waals surface area (Å²) in [5.74, 6) is -2.52. The van der Waals surface area contributed by atoms with Crippen molar-refractivity contribution in [3.8, 4) is 0 Å². The van der Waals surface area contributed by atoms with Gasteiger partial charge in [-0.25, -0.2) is 8.78 Å². The summed E-state index contributed by atoms with van der Waals surface area (Å²) in [4.78, 5) is 40.1. The maximum absolute atomic E-state index is 14.0. The fraction of sp³-hybridized carbons (Fsp3) is 0.318. The normalized spacial score (nSPS) is 15.9. The van der Waals surface area contributed by atoms with Crippen LogP contribution in [-0.2, 0) is 20.9 Å². The maximum atomic E-state index is 14.0. The van der Waals surface area contributed by atoms with Crippen molar-refractivity contribution in [3.05, 3.63) is 65.7 Å². The minimum absolute atomic E-state index is 0.0269. The molecule has 30 heavy (non-hydrogen) atoms. The lowest BCUT2D eigenvalue weighted by molar-refractivity contribution is -0.139. The van der Waals surface area contributed by atoms with Gasteiger partial charge < -0.3 is 15.1 Å². The van der Waals surface area contributed by atoms with Crippen molar-refractivity contribution in [3.63, 3.8) is 0 Å². The summed E-state index contributed by atoms with van der Waals surface area (Å²) in [5, 5.41) is 2.70. The molecule has 1 saturated heterocycles. The van der Waals surface area contributed by atoms with E-state index in [4.69, 9.17) is 0 Å². The van der Waals surface area contributed by atoms with E-state index in [0.717, 1.165) is 5.56 Å². The van der Waals surface area contributed by atoms with Crippen LogP contribution in [-0.4, -0.2) is 42.3 Å². The number of nitrogens with one attached hydrogen (secondary N) is 1. The van der Waals surface area contributed by atoms with Gasteiger partial charge in [-0.1, -0.05) is 24.3 Å². The second-order valence-corrected chi connectivity index (χ2v) is 7.11. The Labute approximate surface area is 173 Å². The van der Waals surface area contributed by atoms with Gasteiger partial charge in [0.1, 0.15) is 11.6 Å². The van der Waals surface area contributed by atoms with Crippen molar-refractivity contribution in [1.29, 1.82) is 0 Å². The number of para-hydroxylation sites is 1. The molecule has 1 heterocycles. The standard InChI is InChI=1S/C22H23F2N3O3/c1-2-26(14-20(28)25-12-15-7-9-17(23)10-8-15)22(30)16-11-21(29)27(13-16)19-6-4-3-5-18(19)24/h3-10,16H,2,11-14H2,1H3,(H,25,28)/t16-/m0/s1. The average molecular weight is 415 g/mol. The van der Waals surface area contributed by atoms with E-state index >= 15 is 0 Å². The Morgan fingerprint density at radius 1 is 1.13 bits per heavy atom. The lowest BCUT2D eigenvalue weighted by Crippen LogP contribution is -2.43. The third kappa shape index (κ3) is 5.00. The molecule has 3 amide bonds. The first-order valence-corrected chi connectivity index (χ1v) is 9.74. The number of benzene rings is 2. The molecule has 3 rings (SSSR count). The number of hydrogen-bond donors (Lipinski definition) is 1. The van der Waals surface area contributed by atoms with Gasteiger partial charge in [0, 0.05) is 26.1 Å². The summed E-state index contributed by atoms with van der Waals surface area (Å²) in [6.07, 6.45) is -0.0269. The Morgan fingerprint density at radius 3 is 2.50 bits per heavy atom. The largest absolute Gasteiger partial charge is 0.350 e. The molecule has 0 unspecified atom stereocenters. The van der Waals surface area contributed by atoms with Gasteiger partial charge in [0.25, 0.3) is 0 Å². The number of likely N-dealkylation sites (N-methyl/N-ethyl adjacent to an activating group) is 1. The van der Waals surface area contributed by atoms with Gasteiger partial charge in [-0.2, -0.15) is 0 Å². The molecule has 8 heteroatoms. The predicted octanol–water partition coefficient (Wildman–Crippen LogP) is 2.48. The molecule has 1 aliphatic rings. The minimum atomic E-state index is -0.637. The highest BCUT2D eigenvalue weighted by molar-refractivity contribution is 6.00. The number of hydrogen-bond acceptors (Lipinski definition) is 3. The van der Waals surface area contributed by atoms with Crippen molar-refractivity contribution in [2.45, 2.75) is 19.9 Å². The number of rotatable bonds is 7. The Balaban J connectivity index is 1.57. The number of amides is 3. The van der Waals surface area contributed by atoms with Crippen LogP contribution in [0.4, 0.5) is 14.5 Å². The quantitative estimate of drug-likeness (QED) is 0.756. The fourth-order valence-corrected chi connectivity index (χ4v) is 3.41. The summed E-state index contributed by atoms with van der Waals surface area (Å²) in [6.45, 7) is 2.19. The van der Waals surface area contributed by atoms with Crippen LogP contribution in [0.5, 0.6) is 0 Å². The smallest absolute Gasteiger partial charge is 0.239 e. The Morgan fingerprint density at radius 2 is 1.83 bits per heavy atom. The number of carbonyl (C=O) groups excluding carboxylic acids is 3. The summed E-state index contributed by atoms with van der Waals surface area (Å²) >= 11 is 0. The second-order valence-electron chi connectivity index (χ2n) is 7.11. The van der Waals surface area contributed by atoms with Crippen LogP contribution in [0.25, 0.3) is 0 Å². The number of anilines is 1. The van der Waals surface area contributed by atoms with Crippen LogP contribution in [0.15, 0.2) is 48.5 Å². The molecule has 0 spiro atoms. The molecule has 0 aromatic heterocycles. The molecule has 0 bridgehead atoms. The molecule has 0 radical (unpaired) electrons. The molecular formula is C22H23F2N3O3. The molecular weight excluding hydrogens is 392 g/mol. The fourth-order valence-electron chi connectivity index (χ4n) is 3.41. The summed E-state index contributed by atoms with van der Waals surface area (Å²) < 4.78 is 27.0. The number of carbonyl (C=O) groups is 3. The van der Waals surface area contributed by atoms with Gasteiger partial charge in [-0.05, 0) is 36.8 Å². The van der Waals surface area contributed by atoms with Crippen LogP contribution < -0.4 is 10.2 Å². The van der Waals surface area contributed by atoms with Crippen LogP contribution in [0.1, 0.15) is 18.9 Å². The van der Waals surface area contributed by atoms with Gasteiger partial charge in [-0.15, -0.1) is 0 Å². The molecule has 6 nitrogen and oxygen atoms in total. The lowest BCUT2D eigenvalue weighted by Gasteiger charge is -2.24. The zero-order valence-corrected chi connectivity index (χ0v) is 16.6. The van der Waals surface area contributed by atoms with E-state index in [2.05, 4.69) is 5.32 Å². The molecule has 0 aliphatic carbocycles.